The molecule has 1 amide bonds. The van der Waals surface area contributed by atoms with Crippen molar-refractivity contribution in [3.05, 3.63) is 60.0 Å². The Balaban J connectivity index is 1.51. The molecule has 27 heavy (non-hydrogen) atoms. The number of nitrogens with zero attached hydrogens (tertiary/aromatic N) is 4. The zero-order chi connectivity index (χ0) is 18.9. The molecule has 1 aliphatic rings. The second-order valence-electron chi connectivity index (χ2n) is 6.93. The maximum Gasteiger partial charge on any atom is 0.265 e. The van der Waals surface area contributed by atoms with Crippen LogP contribution in [-0.4, -0.2) is 44.4 Å². The summed E-state index contributed by atoms with van der Waals surface area (Å²) >= 11 is 0. The Kier molecular flexibility index (Phi) is 4.59. The highest BCUT2D eigenvalue weighted by Crippen LogP contribution is 2.27. The van der Waals surface area contributed by atoms with Crippen molar-refractivity contribution in [1.82, 2.24) is 19.4 Å². The first-order valence-corrected chi connectivity index (χ1v) is 9.04. The molecule has 0 aliphatic carbocycles. The van der Waals surface area contributed by atoms with Gasteiger partial charge in [-0.2, -0.15) is 0 Å². The minimum Gasteiger partial charge on any atom is -0.333 e. The van der Waals surface area contributed by atoms with Crippen LogP contribution >= 0.6 is 0 Å². The number of halogens is 2. The number of rotatable bonds is 4. The summed E-state index contributed by atoms with van der Waals surface area (Å²) in [5.41, 5.74) is 2.80. The summed E-state index contributed by atoms with van der Waals surface area (Å²) in [5.74, 6) is -3.23. The van der Waals surface area contributed by atoms with E-state index in [9.17, 15) is 13.6 Å². The van der Waals surface area contributed by atoms with Crippen LogP contribution in [0.15, 0.2) is 48.9 Å². The maximum atomic E-state index is 13.6. The number of amides is 1. The van der Waals surface area contributed by atoms with Gasteiger partial charge < -0.3 is 9.47 Å². The normalized spacial score (nSPS) is 16.6. The standard InChI is InChI=1S/C20H20F2N4O/c21-20(22)8-4-9-25(13-20)19(27)16-11-17-18(23-12-16)26(14-24-17)10-7-15-5-2-1-3-6-15/h1-3,5-6,11-12,14H,4,7-10,13H2. The predicted molar refractivity (Wildman–Crippen MR) is 97.8 cm³/mol. The van der Waals surface area contributed by atoms with Crippen molar-refractivity contribution in [3.63, 3.8) is 0 Å². The van der Waals surface area contributed by atoms with Crippen LogP contribution in [0, 0.1) is 0 Å². The molecule has 0 unspecified atom stereocenters. The molecule has 0 atom stereocenters. The van der Waals surface area contributed by atoms with Gasteiger partial charge in [0.25, 0.3) is 11.8 Å². The molecule has 1 saturated heterocycles. The summed E-state index contributed by atoms with van der Waals surface area (Å²) in [6.45, 7) is 0.534. The summed E-state index contributed by atoms with van der Waals surface area (Å²) in [5, 5.41) is 0. The van der Waals surface area contributed by atoms with Crippen LogP contribution in [0.3, 0.4) is 0 Å². The number of aryl methyl sites for hydroxylation is 2. The Labute approximate surface area is 155 Å². The Morgan fingerprint density at radius 1 is 1.19 bits per heavy atom. The Morgan fingerprint density at radius 2 is 2.00 bits per heavy atom. The van der Waals surface area contributed by atoms with E-state index in [2.05, 4.69) is 22.1 Å². The Bertz CT molecular complexity index is 955. The molecule has 4 rings (SSSR count). The molecular formula is C20H20F2N4O. The highest BCUT2D eigenvalue weighted by atomic mass is 19.3. The monoisotopic (exact) mass is 370 g/mol. The van der Waals surface area contributed by atoms with Gasteiger partial charge in [-0.3, -0.25) is 4.79 Å². The van der Waals surface area contributed by atoms with E-state index < -0.39 is 18.4 Å². The fourth-order valence-electron chi connectivity index (χ4n) is 3.45. The van der Waals surface area contributed by atoms with E-state index in [0.717, 1.165) is 13.0 Å². The molecule has 0 radical (unpaired) electrons. The third-order valence-electron chi connectivity index (χ3n) is 4.87. The molecule has 3 heterocycles. The smallest absolute Gasteiger partial charge is 0.265 e. The van der Waals surface area contributed by atoms with E-state index in [-0.39, 0.29) is 6.42 Å². The van der Waals surface area contributed by atoms with Crippen molar-refractivity contribution < 1.29 is 13.6 Å². The van der Waals surface area contributed by atoms with Crippen LogP contribution in [0.5, 0.6) is 0 Å². The number of benzene rings is 1. The number of pyridine rings is 1. The SMILES string of the molecule is O=C(c1cnc2c(c1)ncn2CCc1ccccc1)N1CCCC(F)(F)C1. The van der Waals surface area contributed by atoms with Gasteiger partial charge in [0.2, 0.25) is 0 Å². The van der Waals surface area contributed by atoms with Gasteiger partial charge in [-0.1, -0.05) is 30.3 Å². The molecule has 0 spiro atoms. The van der Waals surface area contributed by atoms with Crippen molar-refractivity contribution in [2.45, 2.75) is 31.7 Å². The van der Waals surface area contributed by atoms with Crippen molar-refractivity contribution >= 4 is 17.1 Å². The number of likely N-dealkylation sites (tertiary alicyclic amines) is 1. The van der Waals surface area contributed by atoms with Gasteiger partial charge in [0, 0.05) is 25.7 Å². The van der Waals surface area contributed by atoms with Crippen molar-refractivity contribution in [3.8, 4) is 0 Å². The van der Waals surface area contributed by atoms with Crippen molar-refractivity contribution in [2.24, 2.45) is 0 Å². The average Bonchev–Trinajstić information content (AvgIpc) is 3.08. The van der Waals surface area contributed by atoms with Gasteiger partial charge in [0.1, 0.15) is 5.52 Å². The summed E-state index contributed by atoms with van der Waals surface area (Å²) in [6, 6.07) is 11.8. The van der Waals surface area contributed by atoms with Crippen LogP contribution in [0.2, 0.25) is 0 Å². The van der Waals surface area contributed by atoms with E-state index in [1.165, 1.54) is 16.7 Å². The summed E-state index contributed by atoms with van der Waals surface area (Å²) in [6.07, 6.45) is 4.14. The van der Waals surface area contributed by atoms with E-state index in [1.807, 2.05) is 22.8 Å². The molecule has 2 aromatic heterocycles. The van der Waals surface area contributed by atoms with Gasteiger partial charge in [0.15, 0.2) is 5.65 Å². The summed E-state index contributed by atoms with van der Waals surface area (Å²) in [7, 11) is 0. The number of hydrogen-bond donors (Lipinski definition) is 0. The number of imidazole rings is 1. The van der Waals surface area contributed by atoms with E-state index in [0.29, 0.717) is 29.7 Å². The number of piperidine rings is 1. The number of carbonyl (C=O) groups is 1. The number of aromatic nitrogens is 3. The Morgan fingerprint density at radius 3 is 2.78 bits per heavy atom. The maximum absolute atomic E-state index is 13.6. The van der Waals surface area contributed by atoms with E-state index in [1.54, 1.807) is 12.4 Å². The van der Waals surface area contributed by atoms with Gasteiger partial charge in [0.05, 0.1) is 18.4 Å². The molecule has 0 N–H and O–H groups in total. The molecule has 3 aromatic rings. The lowest BCUT2D eigenvalue weighted by Gasteiger charge is -2.32. The lowest BCUT2D eigenvalue weighted by molar-refractivity contribution is -0.0560. The van der Waals surface area contributed by atoms with Crippen molar-refractivity contribution in [2.75, 3.05) is 13.1 Å². The van der Waals surface area contributed by atoms with E-state index in [4.69, 9.17) is 0 Å². The van der Waals surface area contributed by atoms with Crippen LogP contribution in [0.25, 0.3) is 11.2 Å². The largest absolute Gasteiger partial charge is 0.333 e. The molecule has 7 heteroatoms. The highest BCUT2D eigenvalue weighted by molar-refractivity contribution is 5.96. The zero-order valence-electron chi connectivity index (χ0n) is 14.8. The first-order chi connectivity index (χ1) is 13.0. The predicted octanol–water partition coefficient (Wildman–Crippen LogP) is 3.55. The number of fused-ring (bicyclic) bond motifs is 1. The first kappa shape index (κ1) is 17.6. The van der Waals surface area contributed by atoms with Crippen molar-refractivity contribution in [1.29, 1.82) is 0 Å². The lowest BCUT2D eigenvalue weighted by atomic mass is 10.1. The molecule has 0 bridgehead atoms. The molecule has 0 saturated carbocycles. The van der Waals surface area contributed by atoms with Gasteiger partial charge in [-0.15, -0.1) is 0 Å². The molecule has 5 nitrogen and oxygen atoms in total. The highest BCUT2D eigenvalue weighted by Gasteiger charge is 2.37. The van der Waals surface area contributed by atoms with Crippen LogP contribution < -0.4 is 0 Å². The number of hydrogen-bond acceptors (Lipinski definition) is 3. The lowest BCUT2D eigenvalue weighted by Crippen LogP contribution is -2.45. The van der Waals surface area contributed by atoms with Crippen LogP contribution in [0.4, 0.5) is 8.78 Å². The molecule has 1 aliphatic heterocycles. The van der Waals surface area contributed by atoms with Crippen LogP contribution in [0.1, 0.15) is 28.8 Å². The molecular weight excluding hydrogens is 350 g/mol. The molecule has 140 valence electrons. The Hall–Kier alpha value is -2.83. The topological polar surface area (TPSA) is 51.0 Å². The van der Waals surface area contributed by atoms with Gasteiger partial charge in [-0.25, -0.2) is 18.7 Å². The fraction of sp³-hybridized carbons (Fsp3) is 0.350. The number of alkyl halides is 2. The van der Waals surface area contributed by atoms with Crippen LogP contribution in [-0.2, 0) is 13.0 Å². The minimum absolute atomic E-state index is 0.167. The zero-order valence-corrected chi connectivity index (χ0v) is 14.8. The quantitative estimate of drug-likeness (QED) is 0.706. The molecule has 1 aromatic carbocycles. The average molecular weight is 370 g/mol. The van der Waals surface area contributed by atoms with E-state index >= 15 is 0 Å². The van der Waals surface area contributed by atoms with Gasteiger partial charge >= 0.3 is 0 Å². The second-order valence-corrected chi connectivity index (χ2v) is 6.93. The summed E-state index contributed by atoms with van der Waals surface area (Å²) < 4.78 is 29.1. The minimum atomic E-state index is -2.82. The summed E-state index contributed by atoms with van der Waals surface area (Å²) in [4.78, 5) is 22.5. The third kappa shape index (κ3) is 3.82. The fourth-order valence-corrected chi connectivity index (χ4v) is 3.45. The third-order valence-corrected chi connectivity index (χ3v) is 4.87. The second kappa shape index (κ2) is 7.06. The first-order valence-electron chi connectivity index (χ1n) is 9.04. The molecule has 1 fully saturated rings. The number of carbonyl (C=O) groups excluding carboxylic acids is 1. The van der Waals surface area contributed by atoms with Gasteiger partial charge in [-0.05, 0) is 24.5 Å².